The zero-order chi connectivity index (χ0) is 24.2. The first-order chi connectivity index (χ1) is 15.6. The van der Waals surface area contributed by atoms with Gasteiger partial charge in [-0.25, -0.2) is 13.1 Å². The van der Waals surface area contributed by atoms with Crippen molar-refractivity contribution in [1.82, 2.24) is 19.7 Å². The molecule has 2 aromatic carbocycles. The summed E-state index contributed by atoms with van der Waals surface area (Å²) in [5, 5.41) is 19.9. The highest BCUT2D eigenvalue weighted by atomic mass is 32.2. The molecule has 1 aromatic heterocycles. The minimum atomic E-state index is -3.77. The van der Waals surface area contributed by atoms with E-state index in [-0.39, 0.29) is 22.3 Å². The van der Waals surface area contributed by atoms with Crippen LogP contribution in [0.5, 0.6) is 5.75 Å². The van der Waals surface area contributed by atoms with Crippen molar-refractivity contribution in [3.05, 3.63) is 42.0 Å². The number of quaternary nitrogens is 1. The van der Waals surface area contributed by atoms with Crippen LogP contribution in [0.25, 0.3) is 16.7 Å². The van der Waals surface area contributed by atoms with E-state index in [4.69, 9.17) is 0 Å². The molecule has 0 fully saturated rings. The van der Waals surface area contributed by atoms with Crippen molar-refractivity contribution in [2.45, 2.75) is 51.3 Å². The standard InChI is InChI=1S/C24H35N5O3S/c1-6-18(4)20-16-19(33(31,32)25-14-11-15-29(5,7-2)8-3)17-23(24(20)30)28-26-21-12-9-10-13-22(21)27-28/h9-10,12-13,16-18,25H,6-8,11,14-15H2,1-5H3/p+1. The highest BCUT2D eigenvalue weighted by Gasteiger charge is 2.24. The Balaban J connectivity index is 1.94. The summed E-state index contributed by atoms with van der Waals surface area (Å²) >= 11 is 0. The van der Waals surface area contributed by atoms with E-state index < -0.39 is 10.0 Å². The highest BCUT2D eigenvalue weighted by molar-refractivity contribution is 7.89. The molecule has 0 amide bonds. The van der Waals surface area contributed by atoms with Crippen molar-refractivity contribution >= 4 is 21.1 Å². The first-order valence-electron chi connectivity index (χ1n) is 11.7. The lowest BCUT2D eigenvalue weighted by molar-refractivity contribution is -0.906. The molecule has 1 atom stereocenters. The van der Waals surface area contributed by atoms with Gasteiger partial charge in [0.25, 0.3) is 0 Å². The Labute approximate surface area is 196 Å². The van der Waals surface area contributed by atoms with Crippen LogP contribution >= 0.6 is 0 Å². The molecule has 1 unspecified atom stereocenters. The Bertz CT molecular complexity index is 1170. The Kier molecular flexibility index (Phi) is 7.76. The maximum atomic E-state index is 13.2. The number of hydrogen-bond donors (Lipinski definition) is 2. The monoisotopic (exact) mass is 474 g/mol. The van der Waals surface area contributed by atoms with Crippen molar-refractivity contribution in [2.24, 2.45) is 0 Å². The Hall–Kier alpha value is -2.49. The van der Waals surface area contributed by atoms with Gasteiger partial charge in [0.1, 0.15) is 22.5 Å². The topological polar surface area (TPSA) is 97.1 Å². The summed E-state index contributed by atoms with van der Waals surface area (Å²) in [6, 6.07) is 10.4. The largest absolute Gasteiger partial charge is 0.505 e. The molecule has 3 rings (SSSR count). The molecule has 0 radical (unpaired) electrons. The molecule has 2 N–H and O–H groups in total. The van der Waals surface area contributed by atoms with Gasteiger partial charge >= 0.3 is 0 Å². The lowest BCUT2D eigenvalue weighted by atomic mass is 9.97. The number of benzene rings is 2. The van der Waals surface area contributed by atoms with Crippen molar-refractivity contribution in [2.75, 3.05) is 33.2 Å². The Morgan fingerprint density at radius 1 is 1.09 bits per heavy atom. The fourth-order valence-corrected chi connectivity index (χ4v) is 4.90. The maximum absolute atomic E-state index is 13.2. The molecule has 0 aliphatic rings. The fourth-order valence-electron chi connectivity index (χ4n) is 3.78. The van der Waals surface area contributed by atoms with Gasteiger partial charge in [0, 0.05) is 18.5 Å². The lowest BCUT2D eigenvalue weighted by Crippen LogP contribution is -2.45. The average molecular weight is 475 g/mol. The summed E-state index contributed by atoms with van der Waals surface area (Å²) in [4.78, 5) is 1.42. The van der Waals surface area contributed by atoms with E-state index in [2.05, 4.69) is 35.8 Å². The van der Waals surface area contributed by atoms with Crippen LogP contribution < -0.4 is 4.72 Å². The van der Waals surface area contributed by atoms with E-state index in [1.165, 1.54) is 10.9 Å². The number of fused-ring (bicyclic) bond motifs is 1. The number of sulfonamides is 1. The summed E-state index contributed by atoms with van der Waals surface area (Å²) in [6.45, 7) is 11.5. The van der Waals surface area contributed by atoms with Crippen LogP contribution in [0.4, 0.5) is 0 Å². The number of rotatable bonds is 11. The predicted molar refractivity (Wildman–Crippen MR) is 131 cm³/mol. The molecule has 0 spiro atoms. The van der Waals surface area contributed by atoms with Gasteiger partial charge in [-0.2, -0.15) is 0 Å². The van der Waals surface area contributed by atoms with Crippen LogP contribution in [-0.2, 0) is 10.0 Å². The minimum absolute atomic E-state index is 0.00237. The van der Waals surface area contributed by atoms with Crippen molar-refractivity contribution in [3.8, 4) is 11.4 Å². The van der Waals surface area contributed by atoms with Crippen LogP contribution in [0.15, 0.2) is 41.3 Å². The summed E-state index contributed by atoms with van der Waals surface area (Å²) in [5.41, 5.74) is 2.16. The third-order valence-electron chi connectivity index (χ3n) is 6.74. The second-order valence-electron chi connectivity index (χ2n) is 8.89. The van der Waals surface area contributed by atoms with Gasteiger partial charge in [0.2, 0.25) is 10.0 Å². The van der Waals surface area contributed by atoms with Crippen molar-refractivity contribution in [1.29, 1.82) is 0 Å². The molecular weight excluding hydrogens is 438 g/mol. The third kappa shape index (κ3) is 5.54. The zero-order valence-electron chi connectivity index (χ0n) is 20.2. The molecule has 9 heteroatoms. The average Bonchev–Trinajstić information content (AvgIpc) is 3.25. The molecule has 0 bridgehead atoms. The Morgan fingerprint density at radius 3 is 2.24 bits per heavy atom. The number of nitrogens with one attached hydrogen (secondary N) is 1. The number of aromatic nitrogens is 3. The smallest absolute Gasteiger partial charge is 0.240 e. The van der Waals surface area contributed by atoms with Gasteiger partial charge < -0.3 is 9.59 Å². The van der Waals surface area contributed by atoms with Crippen LogP contribution in [0.2, 0.25) is 0 Å². The molecule has 0 aliphatic carbocycles. The molecular formula is C24H36N5O3S+. The normalized spacial score (nSPS) is 13.5. The molecule has 0 saturated carbocycles. The van der Waals surface area contributed by atoms with E-state index in [1.54, 1.807) is 6.07 Å². The second kappa shape index (κ2) is 10.2. The highest BCUT2D eigenvalue weighted by Crippen LogP contribution is 2.35. The van der Waals surface area contributed by atoms with Crippen LogP contribution in [0, 0.1) is 0 Å². The van der Waals surface area contributed by atoms with Gasteiger partial charge in [-0.15, -0.1) is 15.0 Å². The van der Waals surface area contributed by atoms with Crippen LogP contribution in [-0.4, -0.2) is 66.2 Å². The van der Waals surface area contributed by atoms with Gasteiger partial charge in [0.15, 0.2) is 0 Å². The third-order valence-corrected chi connectivity index (χ3v) is 8.18. The van der Waals surface area contributed by atoms with Gasteiger partial charge in [-0.1, -0.05) is 26.0 Å². The predicted octanol–water partition coefficient (Wildman–Crippen LogP) is 3.79. The zero-order valence-corrected chi connectivity index (χ0v) is 21.1. The number of hydrogen-bond acceptors (Lipinski definition) is 5. The van der Waals surface area contributed by atoms with E-state index >= 15 is 0 Å². The lowest BCUT2D eigenvalue weighted by Gasteiger charge is -2.32. The van der Waals surface area contributed by atoms with Crippen molar-refractivity contribution in [3.63, 3.8) is 0 Å². The Morgan fingerprint density at radius 2 is 1.70 bits per heavy atom. The molecule has 0 aliphatic heterocycles. The first-order valence-corrected chi connectivity index (χ1v) is 13.1. The van der Waals surface area contributed by atoms with Crippen LogP contribution in [0.3, 0.4) is 0 Å². The summed E-state index contributed by atoms with van der Waals surface area (Å²) in [7, 11) is -1.59. The van der Waals surface area contributed by atoms with E-state index in [0.29, 0.717) is 23.1 Å². The summed E-state index contributed by atoms with van der Waals surface area (Å²) < 4.78 is 30.0. The van der Waals surface area contributed by atoms with E-state index in [0.717, 1.165) is 37.0 Å². The molecule has 0 saturated heterocycles. The quantitative estimate of drug-likeness (QED) is 0.325. The van der Waals surface area contributed by atoms with Gasteiger partial charge in [-0.05, 0) is 50.5 Å². The van der Waals surface area contributed by atoms with Gasteiger partial charge in [-0.3, -0.25) is 0 Å². The van der Waals surface area contributed by atoms with Crippen LogP contribution in [0.1, 0.15) is 52.0 Å². The molecule has 33 heavy (non-hydrogen) atoms. The fraction of sp³-hybridized carbons (Fsp3) is 0.500. The summed E-state index contributed by atoms with van der Waals surface area (Å²) in [6.07, 6.45) is 1.50. The molecule has 180 valence electrons. The number of phenols is 1. The summed E-state index contributed by atoms with van der Waals surface area (Å²) in [5.74, 6) is -0.0291. The number of aromatic hydroxyl groups is 1. The van der Waals surface area contributed by atoms with E-state index in [1.807, 2.05) is 38.1 Å². The van der Waals surface area contributed by atoms with E-state index in [9.17, 15) is 13.5 Å². The molecule has 1 heterocycles. The van der Waals surface area contributed by atoms with Crippen molar-refractivity contribution < 1.29 is 18.0 Å². The first kappa shape index (κ1) is 25.1. The molecule has 3 aromatic rings. The maximum Gasteiger partial charge on any atom is 0.240 e. The molecule has 8 nitrogen and oxygen atoms in total. The van der Waals surface area contributed by atoms with Gasteiger partial charge in [0.05, 0.1) is 31.6 Å². The SMILES string of the molecule is CCC(C)c1cc(S(=O)(=O)NCCC[N+](C)(CC)CC)cc(-n2nc3ccccc3n2)c1O. The number of nitrogens with zero attached hydrogens (tertiary/aromatic N) is 4. The number of phenolic OH excluding ortho intramolecular Hbond substituents is 1. The minimum Gasteiger partial charge on any atom is -0.505 e. The second-order valence-corrected chi connectivity index (χ2v) is 10.7.